The van der Waals surface area contributed by atoms with Crippen molar-refractivity contribution < 1.29 is 17.7 Å². The molecule has 0 bridgehead atoms. The molecule has 130 valence electrons. The van der Waals surface area contributed by atoms with E-state index >= 15 is 0 Å². The van der Waals surface area contributed by atoms with Crippen molar-refractivity contribution in [3.63, 3.8) is 0 Å². The lowest BCUT2D eigenvalue weighted by molar-refractivity contribution is -0.116. The number of rotatable bonds is 5. The lowest BCUT2D eigenvalue weighted by Gasteiger charge is -2.17. The molecular weight excluding hydrogens is 330 g/mol. The number of hydrogen-bond donors (Lipinski definition) is 1. The van der Waals surface area contributed by atoms with Crippen LogP contribution < -0.4 is 5.32 Å². The van der Waals surface area contributed by atoms with Crippen LogP contribution in [0.4, 0.5) is 5.69 Å². The van der Waals surface area contributed by atoms with Gasteiger partial charge in [0.15, 0.2) is 5.76 Å². The number of carbonyl (C=O) groups excluding carboxylic acids is 1. The van der Waals surface area contributed by atoms with E-state index in [4.69, 9.17) is 4.52 Å². The maximum atomic E-state index is 12.6. The first kappa shape index (κ1) is 18.2. The van der Waals surface area contributed by atoms with Gasteiger partial charge in [-0.2, -0.15) is 4.31 Å². The number of likely N-dealkylation sites (N-methyl/N-ethyl adjacent to an activating group) is 1. The largest absolute Gasteiger partial charge is 0.359 e. The highest BCUT2D eigenvalue weighted by atomic mass is 32.2. The average molecular weight is 351 g/mol. The van der Waals surface area contributed by atoms with Crippen molar-refractivity contribution in [1.82, 2.24) is 9.46 Å². The summed E-state index contributed by atoms with van der Waals surface area (Å²) in [4.78, 5) is 12.3. The number of nitrogens with zero attached hydrogens (tertiary/aromatic N) is 2. The summed E-state index contributed by atoms with van der Waals surface area (Å²) in [5.74, 6) is 0.0137. The third kappa shape index (κ3) is 3.65. The maximum Gasteiger partial charge on any atom is 0.243 e. The third-order valence-corrected chi connectivity index (χ3v) is 5.65. The summed E-state index contributed by atoms with van der Waals surface area (Å²) in [5, 5.41) is 6.37. The summed E-state index contributed by atoms with van der Waals surface area (Å²) in [6.45, 7) is 6.82. The van der Waals surface area contributed by atoms with Crippen molar-refractivity contribution in [3.05, 3.63) is 40.8 Å². The van der Waals surface area contributed by atoms with E-state index in [1.807, 2.05) is 13.8 Å². The molecule has 0 fully saturated rings. The Morgan fingerprint density at radius 1 is 1.21 bits per heavy atom. The maximum absolute atomic E-state index is 12.6. The molecular formula is C16H21N3O4S. The number of sulfonamides is 1. The number of hydrogen-bond acceptors (Lipinski definition) is 5. The van der Waals surface area contributed by atoms with Crippen LogP contribution >= 0.6 is 0 Å². The minimum Gasteiger partial charge on any atom is -0.359 e. The lowest BCUT2D eigenvalue weighted by Crippen LogP contribution is -2.35. The summed E-state index contributed by atoms with van der Waals surface area (Å²) in [7, 11) is -2.37. The van der Waals surface area contributed by atoms with Gasteiger partial charge in [-0.3, -0.25) is 4.79 Å². The molecule has 0 atom stereocenters. The van der Waals surface area contributed by atoms with Crippen LogP contribution in [0.3, 0.4) is 0 Å². The molecule has 2 rings (SSSR count). The van der Waals surface area contributed by atoms with Crippen molar-refractivity contribution in [2.24, 2.45) is 0 Å². The van der Waals surface area contributed by atoms with Gasteiger partial charge in [-0.1, -0.05) is 11.2 Å². The van der Waals surface area contributed by atoms with Crippen LogP contribution in [0.15, 0.2) is 27.6 Å². The SMILES string of the molecule is Cc1ccc(S(=O)(=O)N(C)CC(=O)Nc2c(C)noc2C)cc1C. The van der Waals surface area contributed by atoms with Gasteiger partial charge in [-0.05, 0) is 51.0 Å². The zero-order valence-corrected chi connectivity index (χ0v) is 15.2. The molecule has 0 aliphatic carbocycles. The molecule has 0 aliphatic heterocycles. The fraction of sp³-hybridized carbons (Fsp3) is 0.375. The Kier molecular flexibility index (Phi) is 5.10. The summed E-state index contributed by atoms with van der Waals surface area (Å²) in [6, 6.07) is 4.90. The average Bonchev–Trinajstić information content (AvgIpc) is 2.81. The van der Waals surface area contributed by atoms with Crippen molar-refractivity contribution >= 4 is 21.6 Å². The second-order valence-corrected chi connectivity index (χ2v) is 7.80. The Labute approximate surface area is 141 Å². The number of anilines is 1. The Bertz CT molecular complexity index is 852. The first-order chi connectivity index (χ1) is 11.1. The third-order valence-electron chi connectivity index (χ3n) is 3.85. The van der Waals surface area contributed by atoms with E-state index in [9.17, 15) is 13.2 Å². The first-order valence-corrected chi connectivity index (χ1v) is 8.83. The minimum absolute atomic E-state index is 0.165. The highest BCUT2D eigenvalue weighted by Gasteiger charge is 2.24. The minimum atomic E-state index is -3.74. The van der Waals surface area contributed by atoms with Crippen LogP contribution in [-0.4, -0.2) is 37.4 Å². The first-order valence-electron chi connectivity index (χ1n) is 7.39. The molecule has 1 heterocycles. The second kappa shape index (κ2) is 6.74. The molecule has 24 heavy (non-hydrogen) atoms. The predicted octanol–water partition coefficient (Wildman–Crippen LogP) is 2.17. The second-order valence-electron chi connectivity index (χ2n) is 5.75. The van der Waals surface area contributed by atoms with Crippen molar-refractivity contribution in [1.29, 1.82) is 0 Å². The summed E-state index contributed by atoms with van der Waals surface area (Å²) in [5.41, 5.74) is 2.90. The highest BCUT2D eigenvalue weighted by molar-refractivity contribution is 7.89. The van der Waals surface area contributed by atoms with Crippen LogP contribution in [0, 0.1) is 27.7 Å². The van der Waals surface area contributed by atoms with E-state index in [1.165, 1.54) is 7.05 Å². The smallest absolute Gasteiger partial charge is 0.243 e. The molecule has 7 nitrogen and oxygen atoms in total. The monoisotopic (exact) mass is 351 g/mol. The summed E-state index contributed by atoms with van der Waals surface area (Å²) < 4.78 is 31.1. The zero-order chi connectivity index (χ0) is 18.1. The topological polar surface area (TPSA) is 92.5 Å². The van der Waals surface area contributed by atoms with Crippen LogP contribution in [0.1, 0.15) is 22.6 Å². The summed E-state index contributed by atoms with van der Waals surface area (Å²) in [6.07, 6.45) is 0. The molecule has 0 unspecified atom stereocenters. The van der Waals surface area contributed by atoms with E-state index in [0.29, 0.717) is 17.1 Å². The molecule has 0 aliphatic rings. The van der Waals surface area contributed by atoms with Gasteiger partial charge in [-0.15, -0.1) is 0 Å². The number of aryl methyl sites for hydroxylation is 4. The normalized spacial score (nSPS) is 11.8. The van der Waals surface area contributed by atoms with Gasteiger partial charge in [0.05, 0.1) is 11.4 Å². The van der Waals surface area contributed by atoms with Gasteiger partial charge < -0.3 is 9.84 Å². The molecule has 0 radical (unpaired) electrons. The van der Waals surface area contributed by atoms with E-state index in [0.717, 1.165) is 15.4 Å². The van der Waals surface area contributed by atoms with Crippen LogP contribution in [0.2, 0.25) is 0 Å². The van der Waals surface area contributed by atoms with Gasteiger partial charge >= 0.3 is 0 Å². The molecule has 8 heteroatoms. The quantitative estimate of drug-likeness (QED) is 0.891. The number of aromatic nitrogens is 1. The predicted molar refractivity (Wildman–Crippen MR) is 90.3 cm³/mol. The number of benzene rings is 1. The van der Waals surface area contributed by atoms with Gasteiger partial charge in [0.1, 0.15) is 11.4 Å². The Morgan fingerprint density at radius 2 is 1.88 bits per heavy atom. The molecule has 2 aromatic rings. The molecule has 0 spiro atoms. The molecule has 1 aromatic heterocycles. The Balaban J connectivity index is 2.14. The fourth-order valence-electron chi connectivity index (χ4n) is 2.18. The molecule has 1 N–H and O–H groups in total. The Hall–Kier alpha value is -2.19. The van der Waals surface area contributed by atoms with E-state index < -0.39 is 15.9 Å². The van der Waals surface area contributed by atoms with Gasteiger partial charge in [0.25, 0.3) is 0 Å². The zero-order valence-electron chi connectivity index (χ0n) is 14.4. The van der Waals surface area contributed by atoms with Crippen molar-refractivity contribution in [2.45, 2.75) is 32.6 Å². The lowest BCUT2D eigenvalue weighted by atomic mass is 10.1. The molecule has 0 saturated carbocycles. The van der Waals surface area contributed by atoms with Crippen LogP contribution in [0.5, 0.6) is 0 Å². The Morgan fingerprint density at radius 3 is 2.42 bits per heavy atom. The van der Waals surface area contributed by atoms with Crippen molar-refractivity contribution in [2.75, 3.05) is 18.9 Å². The van der Waals surface area contributed by atoms with Gasteiger partial charge in [0, 0.05) is 7.05 Å². The standard InChI is InChI=1S/C16H21N3O4S/c1-10-6-7-14(8-11(10)2)24(21,22)19(5)9-15(20)17-16-12(3)18-23-13(16)4/h6-8H,9H2,1-5H3,(H,17,20). The van der Waals surface area contributed by atoms with Gasteiger partial charge in [0.2, 0.25) is 15.9 Å². The molecule has 1 aromatic carbocycles. The number of amides is 1. The number of nitrogens with one attached hydrogen (secondary N) is 1. The molecule has 1 amide bonds. The fourth-order valence-corrected chi connectivity index (χ4v) is 3.39. The van der Waals surface area contributed by atoms with E-state index in [1.54, 1.807) is 32.0 Å². The summed E-state index contributed by atoms with van der Waals surface area (Å²) >= 11 is 0. The van der Waals surface area contributed by atoms with E-state index in [2.05, 4.69) is 10.5 Å². The van der Waals surface area contributed by atoms with Crippen LogP contribution in [-0.2, 0) is 14.8 Å². The van der Waals surface area contributed by atoms with Crippen LogP contribution in [0.25, 0.3) is 0 Å². The number of carbonyl (C=O) groups is 1. The molecule has 0 saturated heterocycles. The van der Waals surface area contributed by atoms with E-state index in [-0.39, 0.29) is 11.4 Å². The van der Waals surface area contributed by atoms with Crippen molar-refractivity contribution in [3.8, 4) is 0 Å². The highest BCUT2D eigenvalue weighted by Crippen LogP contribution is 2.20. The van der Waals surface area contributed by atoms with Gasteiger partial charge in [-0.25, -0.2) is 8.42 Å².